The summed E-state index contributed by atoms with van der Waals surface area (Å²) in [5, 5.41) is 5.14. The van der Waals surface area contributed by atoms with E-state index in [9.17, 15) is 16.8 Å². The summed E-state index contributed by atoms with van der Waals surface area (Å²) in [4.78, 5) is -0.0791. The molecule has 0 heterocycles. The molecule has 10 heteroatoms. The first-order valence-electron chi connectivity index (χ1n) is 8.63. The van der Waals surface area contributed by atoms with Crippen LogP contribution in [0.4, 0.5) is 0 Å². The highest BCUT2D eigenvalue weighted by molar-refractivity contribution is 7.89. The van der Waals surface area contributed by atoms with Gasteiger partial charge in [-0.3, -0.25) is 0 Å². The molecule has 2 aromatic rings. The number of hydrogen-bond acceptors (Lipinski definition) is 6. The Hall–Kier alpha value is -2.14. The van der Waals surface area contributed by atoms with Crippen LogP contribution in [0.25, 0.3) is 0 Å². The maximum absolute atomic E-state index is 12.8. The van der Waals surface area contributed by atoms with Gasteiger partial charge in [0.05, 0.1) is 23.0 Å². The number of hydrogen-bond donors (Lipinski definition) is 2. The lowest BCUT2D eigenvalue weighted by molar-refractivity contribution is 0.287. The number of sulfonamides is 2. The summed E-state index contributed by atoms with van der Waals surface area (Å²) in [5.74, 6) is 0.785. The van der Waals surface area contributed by atoms with Crippen LogP contribution in [0.3, 0.4) is 0 Å². The molecule has 8 nitrogen and oxygen atoms in total. The van der Waals surface area contributed by atoms with Crippen molar-refractivity contribution in [1.82, 2.24) is 4.72 Å². The molecule has 0 saturated heterocycles. The monoisotopic (exact) mass is 428 g/mol. The molecule has 0 amide bonds. The minimum Gasteiger partial charge on any atom is -0.490 e. The fraction of sp³-hybridized carbons (Fsp3) is 0.333. The lowest BCUT2D eigenvalue weighted by Crippen LogP contribution is -2.27. The second-order valence-corrected chi connectivity index (χ2v) is 9.21. The molecule has 0 radical (unpaired) electrons. The van der Waals surface area contributed by atoms with Gasteiger partial charge in [0, 0.05) is 12.1 Å². The van der Waals surface area contributed by atoms with Crippen molar-refractivity contribution in [2.75, 3.05) is 13.2 Å². The van der Waals surface area contributed by atoms with Gasteiger partial charge in [0.25, 0.3) is 0 Å². The average molecular weight is 429 g/mol. The molecule has 28 heavy (non-hydrogen) atoms. The first-order valence-corrected chi connectivity index (χ1v) is 11.7. The molecule has 2 rings (SSSR count). The second-order valence-electron chi connectivity index (χ2n) is 5.94. The van der Waals surface area contributed by atoms with E-state index in [4.69, 9.17) is 14.6 Å². The number of nitrogens with two attached hydrogens (primary N) is 1. The van der Waals surface area contributed by atoms with Crippen LogP contribution in [-0.2, 0) is 20.0 Å². The van der Waals surface area contributed by atoms with Gasteiger partial charge in [0.15, 0.2) is 11.5 Å². The van der Waals surface area contributed by atoms with E-state index in [0.29, 0.717) is 30.3 Å². The molecule has 1 atom stereocenters. The van der Waals surface area contributed by atoms with Crippen LogP contribution in [0, 0.1) is 0 Å². The van der Waals surface area contributed by atoms with Gasteiger partial charge in [-0.1, -0.05) is 12.1 Å². The van der Waals surface area contributed by atoms with Crippen LogP contribution >= 0.6 is 0 Å². The Balaban J connectivity index is 2.31. The molecule has 154 valence electrons. The van der Waals surface area contributed by atoms with Crippen molar-refractivity contribution in [2.45, 2.75) is 36.6 Å². The predicted octanol–water partition coefficient (Wildman–Crippen LogP) is 2.17. The van der Waals surface area contributed by atoms with Crippen molar-refractivity contribution in [1.29, 1.82) is 0 Å². The van der Waals surface area contributed by atoms with E-state index in [2.05, 4.69) is 4.72 Å². The molecule has 2 aromatic carbocycles. The Morgan fingerprint density at radius 1 is 0.929 bits per heavy atom. The van der Waals surface area contributed by atoms with Gasteiger partial charge in [-0.15, -0.1) is 0 Å². The lowest BCUT2D eigenvalue weighted by atomic mass is 10.1. The minimum absolute atomic E-state index is 0.00820. The molecule has 1 unspecified atom stereocenters. The second kappa shape index (κ2) is 8.91. The average Bonchev–Trinajstić information content (AvgIpc) is 2.62. The predicted molar refractivity (Wildman–Crippen MR) is 105 cm³/mol. The Labute approximate surface area is 165 Å². The van der Waals surface area contributed by atoms with E-state index in [1.807, 2.05) is 6.92 Å². The summed E-state index contributed by atoms with van der Waals surface area (Å²) in [7, 11) is -7.78. The molecule has 0 fully saturated rings. The molecule has 0 saturated carbocycles. The van der Waals surface area contributed by atoms with Crippen LogP contribution in [-0.4, -0.2) is 30.0 Å². The zero-order valence-electron chi connectivity index (χ0n) is 15.9. The molecule has 3 N–H and O–H groups in total. The van der Waals surface area contributed by atoms with Crippen LogP contribution in [0.5, 0.6) is 11.5 Å². The van der Waals surface area contributed by atoms with Crippen LogP contribution in [0.1, 0.15) is 32.4 Å². The van der Waals surface area contributed by atoms with E-state index in [0.717, 1.165) is 0 Å². The largest absolute Gasteiger partial charge is 0.490 e. The number of primary sulfonamides is 1. The highest BCUT2D eigenvalue weighted by Crippen LogP contribution is 2.31. The van der Waals surface area contributed by atoms with Crippen molar-refractivity contribution in [3.05, 3.63) is 48.0 Å². The number of benzene rings is 2. The summed E-state index contributed by atoms with van der Waals surface area (Å²) < 4.78 is 62.0. The van der Waals surface area contributed by atoms with Gasteiger partial charge in [-0.2, -0.15) is 0 Å². The van der Waals surface area contributed by atoms with Gasteiger partial charge in [0.2, 0.25) is 20.0 Å². The summed E-state index contributed by atoms with van der Waals surface area (Å²) in [5.41, 5.74) is 0.464. The van der Waals surface area contributed by atoms with Crippen LogP contribution in [0.2, 0.25) is 0 Å². The zero-order valence-corrected chi connectivity index (χ0v) is 17.5. The molecule has 0 spiro atoms. The smallest absolute Gasteiger partial charge is 0.241 e. The van der Waals surface area contributed by atoms with Crippen molar-refractivity contribution < 1.29 is 26.3 Å². The van der Waals surface area contributed by atoms with Gasteiger partial charge in [0.1, 0.15) is 0 Å². The highest BCUT2D eigenvalue weighted by atomic mass is 32.2. The molecular weight excluding hydrogens is 404 g/mol. The maximum atomic E-state index is 12.8. The summed E-state index contributed by atoms with van der Waals surface area (Å²) >= 11 is 0. The van der Waals surface area contributed by atoms with Crippen molar-refractivity contribution in [3.8, 4) is 11.5 Å². The molecular formula is C18H24N2O6S2. The molecule has 0 aliphatic rings. The van der Waals surface area contributed by atoms with Gasteiger partial charge >= 0.3 is 0 Å². The lowest BCUT2D eigenvalue weighted by Gasteiger charge is -2.17. The maximum Gasteiger partial charge on any atom is 0.241 e. The van der Waals surface area contributed by atoms with Gasteiger partial charge in [-0.25, -0.2) is 26.7 Å². The standard InChI is InChI=1S/C18H24N2O6S2/c1-4-25-17-10-9-16(12-18(17)26-5-2)28(23,24)20-13(3)14-7-6-8-15(11-14)27(19,21)22/h6-13,20H,4-5H2,1-3H3,(H2,19,21,22). The number of ether oxygens (including phenoxy) is 2. The first-order chi connectivity index (χ1) is 13.1. The zero-order chi connectivity index (χ0) is 20.9. The van der Waals surface area contributed by atoms with Crippen LogP contribution < -0.4 is 19.3 Å². The van der Waals surface area contributed by atoms with E-state index in [1.165, 1.54) is 36.4 Å². The minimum atomic E-state index is -3.89. The Morgan fingerprint density at radius 2 is 1.57 bits per heavy atom. The molecule has 0 bridgehead atoms. The Bertz CT molecular complexity index is 1040. The van der Waals surface area contributed by atoms with Gasteiger partial charge < -0.3 is 9.47 Å². The highest BCUT2D eigenvalue weighted by Gasteiger charge is 2.21. The molecule has 0 aliphatic heterocycles. The topological polar surface area (TPSA) is 125 Å². The quantitative estimate of drug-likeness (QED) is 0.631. The summed E-state index contributed by atoms with van der Waals surface area (Å²) in [6.45, 7) is 5.99. The van der Waals surface area contributed by atoms with E-state index < -0.39 is 26.1 Å². The third-order valence-corrected chi connectivity index (χ3v) is 6.29. The van der Waals surface area contributed by atoms with Crippen molar-refractivity contribution >= 4 is 20.0 Å². The first kappa shape index (κ1) is 22.2. The fourth-order valence-electron chi connectivity index (χ4n) is 2.53. The van der Waals surface area contributed by atoms with Crippen molar-refractivity contribution in [2.24, 2.45) is 5.14 Å². The third-order valence-electron chi connectivity index (χ3n) is 3.84. The summed E-state index contributed by atoms with van der Waals surface area (Å²) in [6.07, 6.45) is 0. The number of nitrogens with one attached hydrogen (secondary N) is 1. The third kappa shape index (κ3) is 5.44. The van der Waals surface area contributed by atoms with E-state index in [1.54, 1.807) is 19.9 Å². The van der Waals surface area contributed by atoms with Gasteiger partial charge in [-0.05, 0) is 50.6 Å². The van der Waals surface area contributed by atoms with E-state index in [-0.39, 0.29) is 9.79 Å². The Morgan fingerprint density at radius 3 is 2.18 bits per heavy atom. The van der Waals surface area contributed by atoms with E-state index >= 15 is 0 Å². The summed E-state index contributed by atoms with van der Waals surface area (Å²) in [6, 6.07) is 9.47. The number of rotatable bonds is 9. The molecule has 0 aromatic heterocycles. The fourth-order valence-corrected chi connectivity index (χ4v) is 4.34. The molecule has 0 aliphatic carbocycles. The van der Waals surface area contributed by atoms with Crippen LogP contribution in [0.15, 0.2) is 52.3 Å². The Kier molecular flexibility index (Phi) is 7.05. The van der Waals surface area contributed by atoms with Crippen molar-refractivity contribution in [3.63, 3.8) is 0 Å². The normalized spacial score (nSPS) is 13.1. The SMILES string of the molecule is CCOc1ccc(S(=O)(=O)NC(C)c2cccc(S(N)(=O)=O)c2)cc1OCC.